The van der Waals surface area contributed by atoms with Gasteiger partial charge in [-0.3, -0.25) is 9.69 Å². The van der Waals surface area contributed by atoms with Gasteiger partial charge in [0.1, 0.15) is 5.60 Å². The predicted octanol–water partition coefficient (Wildman–Crippen LogP) is 5.79. The number of hydrogen-bond acceptors (Lipinski definition) is 3. The van der Waals surface area contributed by atoms with Gasteiger partial charge in [0.05, 0.1) is 12.5 Å². The Labute approximate surface area is 176 Å². The third-order valence-corrected chi connectivity index (χ3v) is 4.73. The highest BCUT2D eigenvalue weighted by Gasteiger charge is 2.31. The Balaban J connectivity index is 2.04. The summed E-state index contributed by atoms with van der Waals surface area (Å²) in [5, 5.41) is 11.7. The van der Waals surface area contributed by atoms with Crippen LogP contribution in [0.2, 0.25) is 0 Å². The maximum atomic E-state index is 13.1. The number of rotatable bonds is 6. The fourth-order valence-corrected chi connectivity index (χ4v) is 3.39. The van der Waals surface area contributed by atoms with Crippen LogP contribution in [0.3, 0.4) is 0 Å². The highest BCUT2D eigenvalue weighted by molar-refractivity contribution is 5.83. The van der Waals surface area contributed by atoms with Crippen LogP contribution in [0.5, 0.6) is 0 Å². The lowest BCUT2D eigenvalue weighted by molar-refractivity contribution is -0.138. The summed E-state index contributed by atoms with van der Waals surface area (Å²) in [6.45, 7) is 5.65. The number of nitrogens with zero attached hydrogens (tertiary/aromatic N) is 1. The molecular weight excluding hydrogens is 378 g/mol. The number of carbonyl (C=O) groups is 2. The number of aliphatic carboxylic acids is 1. The van der Waals surface area contributed by atoms with E-state index in [9.17, 15) is 14.7 Å². The van der Waals surface area contributed by atoms with Crippen molar-refractivity contribution in [3.63, 3.8) is 0 Å². The lowest BCUT2D eigenvalue weighted by Crippen LogP contribution is -2.39. The van der Waals surface area contributed by atoms with Crippen molar-refractivity contribution < 1.29 is 19.4 Å². The molecule has 0 aliphatic heterocycles. The number of carbonyl (C=O) groups excluding carboxylic acids is 1. The second-order valence-electron chi connectivity index (χ2n) is 8.31. The summed E-state index contributed by atoms with van der Waals surface area (Å²) in [7, 11) is 0. The van der Waals surface area contributed by atoms with Gasteiger partial charge in [0, 0.05) is 6.54 Å². The maximum Gasteiger partial charge on any atom is 0.411 e. The highest BCUT2D eigenvalue weighted by atomic mass is 16.6. The van der Waals surface area contributed by atoms with Gasteiger partial charge in [-0.25, -0.2) is 4.79 Å². The minimum Gasteiger partial charge on any atom is -0.481 e. The molecule has 1 unspecified atom stereocenters. The van der Waals surface area contributed by atoms with Crippen molar-refractivity contribution in [3.8, 4) is 0 Å². The van der Waals surface area contributed by atoms with Gasteiger partial charge >= 0.3 is 12.1 Å². The Morgan fingerprint density at radius 1 is 0.933 bits per heavy atom. The SMILES string of the molecule is CC(C)(C)OC(=O)N(Cc1ccccc1)C(CC(=O)O)c1ccc2ccccc2c1. The molecule has 3 aromatic rings. The Morgan fingerprint density at radius 3 is 2.20 bits per heavy atom. The summed E-state index contributed by atoms with van der Waals surface area (Å²) in [6.07, 6.45) is -0.754. The van der Waals surface area contributed by atoms with E-state index in [0.717, 1.165) is 21.9 Å². The zero-order valence-electron chi connectivity index (χ0n) is 17.5. The molecule has 0 bridgehead atoms. The standard InChI is InChI=1S/C25H27NO4/c1-25(2,3)30-24(29)26(17-18-9-5-4-6-10-18)22(16-23(27)28)21-14-13-19-11-7-8-12-20(19)15-21/h4-15,22H,16-17H2,1-3H3,(H,27,28). The Hall–Kier alpha value is -3.34. The monoisotopic (exact) mass is 405 g/mol. The van der Waals surface area contributed by atoms with Crippen LogP contribution in [-0.4, -0.2) is 27.7 Å². The molecule has 0 aliphatic rings. The number of carboxylic acid groups (broad SMARTS) is 1. The van der Waals surface area contributed by atoms with E-state index in [1.807, 2.05) is 72.8 Å². The van der Waals surface area contributed by atoms with Gasteiger partial charge in [-0.05, 0) is 48.7 Å². The van der Waals surface area contributed by atoms with Crippen LogP contribution >= 0.6 is 0 Å². The van der Waals surface area contributed by atoms with Crippen LogP contribution in [0, 0.1) is 0 Å². The molecule has 1 amide bonds. The number of benzene rings is 3. The van der Waals surface area contributed by atoms with Crippen LogP contribution < -0.4 is 0 Å². The topological polar surface area (TPSA) is 66.8 Å². The first-order valence-corrected chi connectivity index (χ1v) is 9.97. The van der Waals surface area contributed by atoms with E-state index >= 15 is 0 Å². The van der Waals surface area contributed by atoms with Gasteiger partial charge in [0.2, 0.25) is 0 Å². The molecule has 5 nitrogen and oxygen atoms in total. The molecule has 1 N–H and O–H groups in total. The van der Waals surface area contributed by atoms with Crippen molar-refractivity contribution >= 4 is 22.8 Å². The Morgan fingerprint density at radius 2 is 1.57 bits per heavy atom. The third-order valence-electron chi connectivity index (χ3n) is 4.73. The number of carboxylic acids is 1. The largest absolute Gasteiger partial charge is 0.481 e. The number of hydrogen-bond donors (Lipinski definition) is 1. The van der Waals surface area contributed by atoms with Gasteiger partial charge in [-0.2, -0.15) is 0 Å². The molecule has 156 valence electrons. The van der Waals surface area contributed by atoms with E-state index in [0.29, 0.717) is 0 Å². The van der Waals surface area contributed by atoms with Gasteiger partial charge < -0.3 is 9.84 Å². The van der Waals surface area contributed by atoms with E-state index in [1.54, 1.807) is 20.8 Å². The van der Waals surface area contributed by atoms with Gasteiger partial charge in [0.25, 0.3) is 0 Å². The fourth-order valence-electron chi connectivity index (χ4n) is 3.39. The molecule has 0 aromatic heterocycles. The average molecular weight is 405 g/mol. The summed E-state index contributed by atoms with van der Waals surface area (Å²) in [5.41, 5.74) is 0.973. The summed E-state index contributed by atoms with van der Waals surface area (Å²) in [4.78, 5) is 26.4. The zero-order valence-corrected chi connectivity index (χ0v) is 17.5. The van der Waals surface area contributed by atoms with Gasteiger partial charge in [0.15, 0.2) is 0 Å². The van der Waals surface area contributed by atoms with Crippen molar-refractivity contribution in [2.45, 2.75) is 45.4 Å². The van der Waals surface area contributed by atoms with E-state index in [4.69, 9.17) is 4.74 Å². The summed E-state index contributed by atoms with van der Waals surface area (Å²) >= 11 is 0. The second-order valence-corrected chi connectivity index (χ2v) is 8.31. The number of amides is 1. The van der Waals surface area contributed by atoms with Crippen molar-refractivity contribution in [2.24, 2.45) is 0 Å². The van der Waals surface area contributed by atoms with Crippen LogP contribution in [0.1, 0.15) is 44.4 Å². The Bertz CT molecular complexity index is 1020. The van der Waals surface area contributed by atoms with Gasteiger partial charge in [-0.15, -0.1) is 0 Å². The second kappa shape index (κ2) is 8.99. The first-order chi connectivity index (χ1) is 14.2. The van der Waals surface area contributed by atoms with Crippen molar-refractivity contribution in [2.75, 3.05) is 0 Å². The molecule has 5 heteroatoms. The smallest absolute Gasteiger partial charge is 0.411 e. The average Bonchev–Trinajstić information content (AvgIpc) is 2.69. The Kier molecular flexibility index (Phi) is 6.40. The summed E-state index contributed by atoms with van der Waals surface area (Å²) in [6, 6.07) is 22.5. The van der Waals surface area contributed by atoms with Crippen LogP contribution in [0.4, 0.5) is 4.79 Å². The molecular formula is C25H27NO4. The van der Waals surface area contributed by atoms with E-state index in [1.165, 1.54) is 4.90 Å². The molecule has 30 heavy (non-hydrogen) atoms. The van der Waals surface area contributed by atoms with Crippen LogP contribution in [0.15, 0.2) is 72.8 Å². The first-order valence-electron chi connectivity index (χ1n) is 9.97. The number of fused-ring (bicyclic) bond motifs is 1. The van der Waals surface area contributed by atoms with E-state index in [2.05, 4.69) is 0 Å². The fraction of sp³-hybridized carbons (Fsp3) is 0.280. The molecule has 0 saturated carbocycles. The maximum absolute atomic E-state index is 13.1. The van der Waals surface area contributed by atoms with Crippen LogP contribution in [0.25, 0.3) is 10.8 Å². The molecule has 0 aliphatic carbocycles. The lowest BCUT2D eigenvalue weighted by atomic mass is 9.98. The molecule has 3 aromatic carbocycles. The molecule has 0 spiro atoms. The predicted molar refractivity (Wildman–Crippen MR) is 117 cm³/mol. The normalized spacial score (nSPS) is 12.4. The minimum atomic E-state index is -0.977. The van der Waals surface area contributed by atoms with E-state index in [-0.39, 0.29) is 13.0 Å². The van der Waals surface area contributed by atoms with Gasteiger partial charge in [-0.1, -0.05) is 66.7 Å². The highest BCUT2D eigenvalue weighted by Crippen LogP contribution is 2.30. The quantitative estimate of drug-likeness (QED) is 0.563. The number of ether oxygens (including phenoxy) is 1. The molecule has 1 atom stereocenters. The molecule has 0 radical (unpaired) electrons. The summed E-state index contributed by atoms with van der Waals surface area (Å²) < 4.78 is 5.64. The molecule has 0 saturated heterocycles. The molecule has 0 heterocycles. The zero-order chi connectivity index (χ0) is 21.7. The lowest BCUT2D eigenvalue weighted by Gasteiger charge is -2.33. The van der Waals surface area contributed by atoms with Crippen molar-refractivity contribution in [3.05, 3.63) is 83.9 Å². The van der Waals surface area contributed by atoms with Crippen molar-refractivity contribution in [1.82, 2.24) is 4.90 Å². The first kappa shape index (κ1) is 21.4. The summed E-state index contributed by atoms with van der Waals surface area (Å²) in [5.74, 6) is -0.977. The van der Waals surface area contributed by atoms with E-state index < -0.39 is 23.7 Å². The van der Waals surface area contributed by atoms with Crippen LogP contribution in [-0.2, 0) is 16.1 Å². The minimum absolute atomic E-state index is 0.218. The third kappa shape index (κ3) is 5.60. The molecule has 3 rings (SSSR count). The van der Waals surface area contributed by atoms with Crippen molar-refractivity contribution in [1.29, 1.82) is 0 Å². The molecule has 0 fully saturated rings.